The van der Waals surface area contributed by atoms with E-state index in [9.17, 15) is 4.11 Å². The van der Waals surface area contributed by atoms with Crippen molar-refractivity contribution in [2.75, 3.05) is 0 Å². The van der Waals surface area contributed by atoms with E-state index in [0.717, 1.165) is 53.4 Å². The molecular formula is C54H41BrSi2. The van der Waals surface area contributed by atoms with Gasteiger partial charge in [-0.3, -0.25) is 0 Å². The van der Waals surface area contributed by atoms with Gasteiger partial charge in [0.25, 0.3) is 0 Å². The zero-order chi connectivity index (χ0) is 41.1. The molecule has 0 aliphatic heterocycles. The highest BCUT2D eigenvalue weighted by molar-refractivity contribution is 9.10. The minimum absolute atomic E-state index is 0.181. The van der Waals surface area contributed by atoms with E-state index in [2.05, 4.69) is 210 Å². The molecule has 0 amide bonds. The van der Waals surface area contributed by atoms with Gasteiger partial charge < -0.3 is 0 Å². The second kappa shape index (κ2) is 16.2. The van der Waals surface area contributed by atoms with Crippen molar-refractivity contribution in [3.8, 4) is 22.3 Å². The van der Waals surface area contributed by atoms with Crippen molar-refractivity contribution < 1.29 is 4.11 Å². The van der Waals surface area contributed by atoms with Crippen LogP contribution >= 0.6 is 15.9 Å². The second-order valence-electron chi connectivity index (χ2n) is 14.3. The van der Waals surface area contributed by atoms with Crippen molar-refractivity contribution in [3.63, 3.8) is 0 Å². The van der Waals surface area contributed by atoms with E-state index in [1.807, 2.05) is 36.4 Å². The topological polar surface area (TPSA) is 0 Å². The average Bonchev–Trinajstić information content (AvgIpc) is 3.33. The van der Waals surface area contributed by atoms with Crippen molar-refractivity contribution in [1.82, 2.24) is 0 Å². The molecule has 0 bridgehead atoms. The quantitative estimate of drug-likeness (QED) is 0.0959. The van der Waals surface area contributed by atoms with Crippen LogP contribution in [-0.4, -0.2) is 16.1 Å². The first-order chi connectivity index (χ1) is 29.5. The highest BCUT2D eigenvalue weighted by Gasteiger charge is 2.46. The first-order valence-corrected chi connectivity index (χ1v) is 24.1. The average molecular weight is 829 g/mol. The van der Waals surface area contributed by atoms with Crippen molar-refractivity contribution in [1.29, 1.82) is 0 Å². The van der Waals surface area contributed by atoms with Gasteiger partial charge in [0.15, 0.2) is 16.1 Å². The van der Waals surface area contributed by atoms with Crippen LogP contribution in [0.3, 0.4) is 0 Å². The Morgan fingerprint density at radius 1 is 0.263 bits per heavy atom. The van der Waals surface area contributed by atoms with Gasteiger partial charge in [-0.2, -0.15) is 0 Å². The fraction of sp³-hybridized carbons (Fsp3) is 0. The molecule has 0 unspecified atom stereocenters. The van der Waals surface area contributed by atoms with E-state index >= 15 is 0 Å². The number of hydrogen-bond donors (Lipinski definition) is 0. The molecule has 0 saturated heterocycles. The summed E-state index contributed by atoms with van der Waals surface area (Å²) in [5.74, 6) is 0. The molecule has 9 rings (SSSR count). The zero-order valence-electron chi connectivity index (χ0n) is 34.3. The molecule has 0 aliphatic rings. The SMILES string of the molecule is [2H]c1c(Br)c([2H])c([Si](c2ccccc2)(c2ccccc2)c2cccc(-c3ccccc3)c2)c([2H])c1[Si](c1ccccc1)(c1ccccc1)c1cccc(-c2ccccc2)c1. The summed E-state index contributed by atoms with van der Waals surface area (Å²) < 4.78 is 31.8. The van der Waals surface area contributed by atoms with E-state index in [-0.39, 0.29) is 18.1 Å². The van der Waals surface area contributed by atoms with Crippen LogP contribution in [0.5, 0.6) is 0 Å². The number of hydrogen-bond acceptors (Lipinski definition) is 0. The number of halogens is 1. The molecule has 0 spiro atoms. The molecule has 3 heteroatoms. The standard InChI is InChI=1S/C54H41BrSi2/c55-46-39-53(56(47-27-11-3-12-28-47,48-29-13-4-14-30-48)51-35-19-25-44(37-51)42-21-7-1-8-22-42)41-54(40-46)57(49-31-15-5-16-32-49,50-33-17-6-18-34-50)52-36-20-26-45(38-52)43-23-9-2-10-24-43/h1-41H/i39D,40D,41D. The van der Waals surface area contributed by atoms with Gasteiger partial charge in [0.2, 0.25) is 0 Å². The molecule has 0 aromatic heterocycles. The Morgan fingerprint density at radius 3 is 0.842 bits per heavy atom. The smallest absolute Gasteiger partial charge is 0.0623 e. The largest absolute Gasteiger partial charge is 0.179 e. The van der Waals surface area contributed by atoms with Gasteiger partial charge >= 0.3 is 0 Å². The second-order valence-corrected chi connectivity index (χ2v) is 22.6. The van der Waals surface area contributed by atoms with E-state index in [1.54, 1.807) is 0 Å². The summed E-state index contributed by atoms with van der Waals surface area (Å²) in [7, 11) is -7.10. The van der Waals surface area contributed by atoms with Crippen molar-refractivity contribution in [2.45, 2.75) is 0 Å². The predicted molar refractivity (Wildman–Crippen MR) is 252 cm³/mol. The maximum absolute atomic E-state index is 11.0. The number of rotatable bonds is 10. The van der Waals surface area contributed by atoms with Crippen LogP contribution in [0.25, 0.3) is 22.3 Å². The lowest BCUT2D eigenvalue weighted by Crippen LogP contribution is -2.78. The van der Waals surface area contributed by atoms with Gasteiger partial charge in [-0.05, 0) is 75.8 Å². The molecule has 9 aromatic carbocycles. The highest BCUT2D eigenvalue weighted by Crippen LogP contribution is 2.23. The normalized spacial score (nSPS) is 12.3. The van der Waals surface area contributed by atoms with Gasteiger partial charge in [-0.25, -0.2) is 0 Å². The molecule has 0 aliphatic carbocycles. The van der Waals surface area contributed by atoms with Gasteiger partial charge in [0, 0.05) is 4.47 Å². The van der Waals surface area contributed by atoms with Crippen molar-refractivity contribution >= 4 is 73.6 Å². The van der Waals surface area contributed by atoms with Gasteiger partial charge in [-0.15, -0.1) is 0 Å². The monoisotopic (exact) mass is 827 g/mol. The molecule has 0 nitrogen and oxygen atoms in total. The first-order valence-electron chi connectivity index (χ1n) is 20.8. The van der Waals surface area contributed by atoms with E-state index in [0.29, 0.717) is 14.8 Å². The summed E-state index contributed by atoms with van der Waals surface area (Å²) >= 11 is 3.92. The van der Waals surface area contributed by atoms with Crippen LogP contribution in [0.15, 0.2) is 253 Å². The van der Waals surface area contributed by atoms with E-state index in [1.165, 1.54) is 0 Å². The summed E-state index contributed by atoms with van der Waals surface area (Å²) in [5, 5.41) is 7.71. The maximum Gasteiger partial charge on any atom is 0.179 e. The molecule has 9 aromatic rings. The number of benzene rings is 9. The van der Waals surface area contributed by atoms with Gasteiger partial charge in [0.1, 0.15) is 0 Å². The maximum atomic E-state index is 11.0. The molecular weight excluding hydrogens is 785 g/mol. The lowest BCUT2D eigenvalue weighted by atomic mass is 10.1. The van der Waals surface area contributed by atoms with Crippen LogP contribution in [0, 0.1) is 0 Å². The summed E-state index contributed by atoms with van der Waals surface area (Å²) in [5.41, 5.74) is 4.34. The van der Waals surface area contributed by atoms with Crippen molar-refractivity contribution in [2.24, 2.45) is 0 Å². The van der Waals surface area contributed by atoms with Crippen LogP contribution in [0.1, 0.15) is 4.11 Å². The molecule has 0 heterocycles. The van der Waals surface area contributed by atoms with Crippen LogP contribution in [0.2, 0.25) is 0 Å². The van der Waals surface area contributed by atoms with Crippen LogP contribution in [0.4, 0.5) is 0 Å². The summed E-state index contributed by atoms with van der Waals surface area (Å²) in [6.07, 6.45) is 0. The Morgan fingerprint density at radius 2 is 0.526 bits per heavy atom. The minimum atomic E-state index is -3.55. The third-order valence-corrected chi connectivity index (χ3v) is 20.7. The lowest BCUT2D eigenvalue weighted by Gasteiger charge is -2.38. The summed E-state index contributed by atoms with van der Waals surface area (Å²) in [6.45, 7) is 0. The minimum Gasteiger partial charge on any atom is -0.0623 e. The Hall–Kier alpha value is -6.11. The predicted octanol–water partition coefficient (Wildman–Crippen LogP) is 8.54. The third-order valence-electron chi connectivity index (χ3n) is 11.1. The Kier molecular flexibility index (Phi) is 9.38. The fourth-order valence-corrected chi connectivity index (χ4v) is 18.6. The highest BCUT2D eigenvalue weighted by atomic mass is 79.9. The fourth-order valence-electron chi connectivity index (χ4n) is 8.56. The zero-order valence-corrected chi connectivity index (χ0v) is 34.9. The summed E-state index contributed by atoms with van der Waals surface area (Å²) in [6, 6.07) is 81.1. The molecule has 272 valence electrons. The molecule has 0 fully saturated rings. The summed E-state index contributed by atoms with van der Waals surface area (Å²) in [4.78, 5) is 0. The molecule has 0 atom stereocenters. The Labute approximate surface area is 351 Å². The molecule has 0 saturated carbocycles. The molecule has 0 N–H and O–H groups in total. The first kappa shape index (κ1) is 33.1. The molecule has 57 heavy (non-hydrogen) atoms. The Bertz CT molecular complexity index is 2620. The Balaban J connectivity index is 1.48. The van der Waals surface area contributed by atoms with Gasteiger partial charge in [-0.1, -0.05) is 252 Å². The third kappa shape index (κ3) is 6.78. The van der Waals surface area contributed by atoms with Crippen molar-refractivity contribution in [3.05, 3.63) is 253 Å². The van der Waals surface area contributed by atoms with E-state index < -0.39 is 16.1 Å². The van der Waals surface area contributed by atoms with Crippen LogP contribution < -0.4 is 41.5 Å². The van der Waals surface area contributed by atoms with E-state index in [4.69, 9.17) is 0 Å². The molecule has 0 radical (unpaired) electrons. The lowest BCUT2D eigenvalue weighted by molar-refractivity contribution is 1.61. The van der Waals surface area contributed by atoms with Gasteiger partial charge in [0.05, 0.1) is 4.11 Å². The van der Waals surface area contributed by atoms with Crippen LogP contribution in [-0.2, 0) is 0 Å².